The molecule has 1 amide bonds. The standard InChI is InChI=1S/C26H31ClN6O/c1-3-24(34)33-13-11-32(12-14-33)19-8-6-7-18(15-19)29-26-28-16-22(27)25(30-26)21-17-31(2)23-10-5-4-9-20(21)23/h3-5,9-10,16-19H,1,6-8,11-15H2,2H3,(H,28,29,30)/t18-,19+/m1/s1. The van der Waals surface area contributed by atoms with Crippen LogP contribution in [0, 0.1) is 0 Å². The molecule has 0 bridgehead atoms. The van der Waals surface area contributed by atoms with E-state index in [0.717, 1.165) is 67.6 Å². The van der Waals surface area contributed by atoms with Gasteiger partial charge in [-0.1, -0.05) is 36.4 Å². The largest absolute Gasteiger partial charge is 0.351 e. The molecule has 1 saturated carbocycles. The fourth-order valence-corrected chi connectivity index (χ4v) is 5.59. The number of piperazine rings is 1. The number of nitrogens with one attached hydrogen (secondary N) is 1. The monoisotopic (exact) mass is 478 g/mol. The topological polar surface area (TPSA) is 66.3 Å². The van der Waals surface area contributed by atoms with Crippen molar-refractivity contribution in [2.75, 3.05) is 31.5 Å². The van der Waals surface area contributed by atoms with Gasteiger partial charge < -0.3 is 14.8 Å². The Morgan fingerprint density at radius 2 is 2.00 bits per heavy atom. The van der Waals surface area contributed by atoms with Gasteiger partial charge in [-0.2, -0.15) is 0 Å². The van der Waals surface area contributed by atoms with Crippen molar-refractivity contribution in [2.24, 2.45) is 7.05 Å². The lowest BCUT2D eigenvalue weighted by molar-refractivity contribution is -0.128. The summed E-state index contributed by atoms with van der Waals surface area (Å²) in [5.74, 6) is 0.657. The van der Waals surface area contributed by atoms with Gasteiger partial charge in [0.05, 0.1) is 16.9 Å². The number of halogens is 1. The summed E-state index contributed by atoms with van der Waals surface area (Å²) in [5, 5.41) is 5.27. The van der Waals surface area contributed by atoms with Crippen LogP contribution in [0.3, 0.4) is 0 Å². The summed E-state index contributed by atoms with van der Waals surface area (Å²) in [6.07, 6.45) is 9.69. The quantitative estimate of drug-likeness (QED) is 0.552. The Morgan fingerprint density at radius 1 is 1.21 bits per heavy atom. The highest BCUT2D eigenvalue weighted by atomic mass is 35.5. The van der Waals surface area contributed by atoms with Gasteiger partial charge in [0.15, 0.2) is 0 Å². The number of fused-ring (bicyclic) bond motifs is 1. The molecule has 1 N–H and O–H groups in total. The van der Waals surface area contributed by atoms with E-state index < -0.39 is 0 Å². The normalized spacial score (nSPS) is 21.5. The molecule has 1 aliphatic heterocycles. The molecule has 7 nitrogen and oxygen atoms in total. The Bertz CT molecular complexity index is 1200. The lowest BCUT2D eigenvalue weighted by Gasteiger charge is -2.42. The van der Waals surface area contributed by atoms with Gasteiger partial charge in [-0.15, -0.1) is 0 Å². The Labute approximate surface area is 205 Å². The summed E-state index contributed by atoms with van der Waals surface area (Å²) in [7, 11) is 2.04. The number of benzene rings is 1. The van der Waals surface area contributed by atoms with Crippen LogP contribution in [0.2, 0.25) is 5.02 Å². The van der Waals surface area contributed by atoms with Gasteiger partial charge in [0.2, 0.25) is 11.9 Å². The predicted octanol–water partition coefficient (Wildman–Crippen LogP) is 4.34. The van der Waals surface area contributed by atoms with E-state index in [9.17, 15) is 4.79 Å². The Balaban J connectivity index is 1.28. The minimum Gasteiger partial charge on any atom is -0.351 e. The van der Waals surface area contributed by atoms with E-state index in [4.69, 9.17) is 16.6 Å². The number of aryl methyl sites for hydroxylation is 1. The van der Waals surface area contributed by atoms with Crippen molar-refractivity contribution in [1.29, 1.82) is 0 Å². The maximum absolute atomic E-state index is 11.9. The van der Waals surface area contributed by atoms with Crippen molar-refractivity contribution >= 4 is 34.4 Å². The maximum atomic E-state index is 11.9. The van der Waals surface area contributed by atoms with Crippen molar-refractivity contribution in [2.45, 2.75) is 37.8 Å². The number of nitrogens with zero attached hydrogens (tertiary/aromatic N) is 5. The number of hydrogen-bond acceptors (Lipinski definition) is 5. The molecule has 0 spiro atoms. The minimum atomic E-state index is 0.0322. The van der Waals surface area contributed by atoms with Crippen molar-refractivity contribution in [1.82, 2.24) is 24.3 Å². The van der Waals surface area contributed by atoms with Crippen LogP contribution in [0.15, 0.2) is 49.3 Å². The number of aromatic nitrogens is 3. The highest BCUT2D eigenvalue weighted by Crippen LogP contribution is 2.34. The van der Waals surface area contributed by atoms with Gasteiger partial charge in [-0.25, -0.2) is 9.97 Å². The third-order valence-electron chi connectivity index (χ3n) is 7.19. The maximum Gasteiger partial charge on any atom is 0.246 e. The van der Waals surface area contributed by atoms with Gasteiger partial charge in [-0.05, 0) is 37.8 Å². The van der Waals surface area contributed by atoms with E-state index in [0.29, 0.717) is 23.1 Å². The first-order chi connectivity index (χ1) is 16.5. The molecule has 0 radical (unpaired) electrons. The minimum absolute atomic E-state index is 0.0322. The molecular weight excluding hydrogens is 448 g/mol. The zero-order chi connectivity index (χ0) is 23.7. The third-order valence-corrected chi connectivity index (χ3v) is 7.47. The summed E-state index contributed by atoms with van der Waals surface area (Å²) in [4.78, 5) is 25.6. The van der Waals surface area contributed by atoms with Gasteiger partial charge >= 0.3 is 0 Å². The van der Waals surface area contributed by atoms with E-state index in [2.05, 4.69) is 44.7 Å². The summed E-state index contributed by atoms with van der Waals surface area (Å²) in [6, 6.07) is 9.10. The van der Waals surface area contributed by atoms with Gasteiger partial charge in [0, 0.05) is 68.0 Å². The zero-order valence-electron chi connectivity index (χ0n) is 19.6. The number of amides is 1. The second-order valence-corrected chi connectivity index (χ2v) is 9.70. The molecule has 34 heavy (non-hydrogen) atoms. The number of para-hydroxylation sites is 1. The summed E-state index contributed by atoms with van der Waals surface area (Å²) in [6.45, 7) is 6.98. The average molecular weight is 479 g/mol. The molecule has 2 aliphatic rings. The molecule has 1 aliphatic carbocycles. The van der Waals surface area contributed by atoms with E-state index in [1.54, 1.807) is 6.20 Å². The van der Waals surface area contributed by atoms with Crippen LogP contribution in [0.5, 0.6) is 0 Å². The smallest absolute Gasteiger partial charge is 0.246 e. The molecule has 3 aromatic rings. The number of carbonyl (C=O) groups excluding carboxylic acids is 1. The number of anilines is 1. The first-order valence-electron chi connectivity index (χ1n) is 12.0. The second kappa shape index (κ2) is 9.76. The van der Waals surface area contributed by atoms with Gasteiger partial charge in [-0.3, -0.25) is 9.69 Å². The lowest BCUT2D eigenvalue weighted by Crippen LogP contribution is -2.53. The number of rotatable bonds is 5. The van der Waals surface area contributed by atoms with Crippen molar-refractivity contribution in [3.8, 4) is 11.3 Å². The molecule has 178 valence electrons. The first kappa shape index (κ1) is 22.9. The summed E-state index contributed by atoms with van der Waals surface area (Å²) >= 11 is 6.55. The molecule has 8 heteroatoms. The van der Waals surface area contributed by atoms with Crippen LogP contribution >= 0.6 is 11.6 Å². The fourth-order valence-electron chi connectivity index (χ4n) is 5.40. The third kappa shape index (κ3) is 4.55. The van der Waals surface area contributed by atoms with Crippen molar-refractivity contribution in [3.63, 3.8) is 0 Å². The molecule has 3 heterocycles. The molecule has 2 fully saturated rings. The second-order valence-electron chi connectivity index (χ2n) is 9.29. The molecular formula is C26H31ClN6O. The van der Waals surface area contributed by atoms with Crippen LogP contribution in [-0.4, -0.2) is 68.5 Å². The molecule has 0 unspecified atom stereocenters. The van der Waals surface area contributed by atoms with Crippen molar-refractivity contribution in [3.05, 3.63) is 54.3 Å². The van der Waals surface area contributed by atoms with E-state index >= 15 is 0 Å². The van der Waals surface area contributed by atoms with Crippen LogP contribution in [0.1, 0.15) is 25.7 Å². The Hall–Kier alpha value is -2.90. The van der Waals surface area contributed by atoms with E-state index in [1.807, 2.05) is 24.1 Å². The highest BCUT2D eigenvalue weighted by molar-refractivity contribution is 6.33. The Kier molecular flexibility index (Phi) is 6.57. The first-order valence-corrected chi connectivity index (χ1v) is 12.4. The van der Waals surface area contributed by atoms with Crippen LogP contribution in [0.25, 0.3) is 22.2 Å². The van der Waals surface area contributed by atoms with Crippen LogP contribution in [0.4, 0.5) is 5.95 Å². The molecule has 2 atom stereocenters. The van der Waals surface area contributed by atoms with E-state index in [1.165, 1.54) is 12.5 Å². The average Bonchev–Trinajstić information content (AvgIpc) is 3.21. The lowest BCUT2D eigenvalue weighted by atomic mass is 9.89. The predicted molar refractivity (Wildman–Crippen MR) is 137 cm³/mol. The van der Waals surface area contributed by atoms with Gasteiger partial charge in [0.1, 0.15) is 0 Å². The zero-order valence-corrected chi connectivity index (χ0v) is 20.3. The molecule has 1 saturated heterocycles. The molecule has 1 aromatic carbocycles. The van der Waals surface area contributed by atoms with Crippen molar-refractivity contribution < 1.29 is 4.79 Å². The molecule has 2 aromatic heterocycles. The summed E-state index contributed by atoms with van der Waals surface area (Å²) < 4.78 is 2.10. The van der Waals surface area contributed by atoms with Crippen LogP contribution in [-0.2, 0) is 11.8 Å². The van der Waals surface area contributed by atoms with E-state index in [-0.39, 0.29) is 5.91 Å². The number of carbonyl (C=O) groups is 1. The SMILES string of the molecule is C=CC(=O)N1CCN([C@H]2CCC[C@@H](Nc3ncc(Cl)c(-c4cn(C)c5ccccc45)n3)C2)CC1. The van der Waals surface area contributed by atoms with Gasteiger partial charge in [0.25, 0.3) is 0 Å². The fraction of sp³-hybridized carbons (Fsp3) is 0.423. The molecule has 5 rings (SSSR count). The Morgan fingerprint density at radius 3 is 2.79 bits per heavy atom. The van der Waals surface area contributed by atoms with Crippen LogP contribution < -0.4 is 5.32 Å². The highest BCUT2D eigenvalue weighted by Gasteiger charge is 2.30. The summed E-state index contributed by atoms with van der Waals surface area (Å²) in [5.41, 5.74) is 2.92. The number of hydrogen-bond donors (Lipinski definition) is 1.